The number of aryl methyl sites for hydroxylation is 1. The molecule has 112 valence electrons. The molecule has 4 heteroatoms. The zero-order chi connectivity index (χ0) is 15.2. The number of nitrogens with two attached hydrogens (primary N) is 1. The van der Waals surface area contributed by atoms with Crippen LogP contribution >= 0.6 is 0 Å². The zero-order valence-electron chi connectivity index (χ0n) is 13.0. The van der Waals surface area contributed by atoms with Gasteiger partial charge in [0.25, 0.3) is 0 Å². The molecule has 0 saturated carbocycles. The van der Waals surface area contributed by atoms with Crippen molar-refractivity contribution in [3.63, 3.8) is 0 Å². The van der Waals surface area contributed by atoms with Crippen LogP contribution in [0.1, 0.15) is 32.8 Å². The molecule has 0 aliphatic heterocycles. The molecule has 20 heavy (non-hydrogen) atoms. The Labute approximate surface area is 121 Å². The smallest absolute Gasteiger partial charge is 0.325 e. The van der Waals surface area contributed by atoms with Gasteiger partial charge in [0.2, 0.25) is 0 Å². The van der Waals surface area contributed by atoms with Crippen molar-refractivity contribution in [1.82, 2.24) is 0 Å². The second-order valence-corrected chi connectivity index (χ2v) is 5.33. The fourth-order valence-corrected chi connectivity index (χ4v) is 1.91. The molecule has 0 aliphatic carbocycles. The second-order valence-electron chi connectivity index (χ2n) is 5.33. The van der Waals surface area contributed by atoms with Crippen LogP contribution < -0.4 is 10.6 Å². The average molecular weight is 278 g/mol. The molecule has 0 saturated heterocycles. The number of esters is 1. The van der Waals surface area contributed by atoms with Crippen LogP contribution in [-0.2, 0) is 16.0 Å². The molecule has 0 fully saturated rings. The molecule has 1 aromatic rings. The van der Waals surface area contributed by atoms with Crippen molar-refractivity contribution in [1.29, 1.82) is 0 Å². The topological polar surface area (TPSA) is 55.6 Å². The molecule has 0 bridgehead atoms. The summed E-state index contributed by atoms with van der Waals surface area (Å²) in [5.41, 5.74) is 7.52. The zero-order valence-corrected chi connectivity index (χ0v) is 13.0. The molecule has 0 aliphatic rings. The first-order chi connectivity index (χ1) is 9.40. The fraction of sp³-hybridized carbons (Fsp3) is 0.562. The molecular formula is C16H26N2O2. The van der Waals surface area contributed by atoms with Crippen molar-refractivity contribution in [2.24, 2.45) is 5.73 Å². The van der Waals surface area contributed by atoms with Gasteiger partial charge in [-0.05, 0) is 44.4 Å². The van der Waals surface area contributed by atoms with E-state index in [-0.39, 0.29) is 5.97 Å². The fourth-order valence-electron chi connectivity index (χ4n) is 1.91. The SMILES string of the molecule is CCOC(=O)C(C)(N)CCN(C)c1ccc(CC)cc1. The Morgan fingerprint density at radius 3 is 2.40 bits per heavy atom. The van der Waals surface area contributed by atoms with Crippen LogP contribution in [0.25, 0.3) is 0 Å². The third-order valence-corrected chi connectivity index (χ3v) is 3.49. The summed E-state index contributed by atoms with van der Waals surface area (Å²) in [6, 6.07) is 8.44. The van der Waals surface area contributed by atoms with Crippen LogP contribution in [0.2, 0.25) is 0 Å². The molecule has 0 radical (unpaired) electrons. The quantitative estimate of drug-likeness (QED) is 0.778. The van der Waals surface area contributed by atoms with Crippen LogP contribution in [-0.4, -0.2) is 31.7 Å². The number of ether oxygens (including phenoxy) is 1. The van der Waals surface area contributed by atoms with Crippen molar-refractivity contribution in [3.05, 3.63) is 29.8 Å². The summed E-state index contributed by atoms with van der Waals surface area (Å²) >= 11 is 0. The van der Waals surface area contributed by atoms with Crippen LogP contribution in [0.4, 0.5) is 5.69 Å². The van der Waals surface area contributed by atoms with E-state index in [4.69, 9.17) is 10.5 Å². The molecule has 4 nitrogen and oxygen atoms in total. The molecule has 1 unspecified atom stereocenters. The van der Waals surface area contributed by atoms with E-state index in [0.717, 1.165) is 12.1 Å². The van der Waals surface area contributed by atoms with Gasteiger partial charge in [0.1, 0.15) is 5.54 Å². The maximum atomic E-state index is 11.7. The number of rotatable bonds is 7. The third-order valence-electron chi connectivity index (χ3n) is 3.49. The van der Waals surface area contributed by atoms with Crippen LogP contribution in [0.3, 0.4) is 0 Å². The minimum atomic E-state index is -0.937. The molecule has 1 aromatic carbocycles. The van der Waals surface area contributed by atoms with Crippen LogP contribution in [0.5, 0.6) is 0 Å². The Morgan fingerprint density at radius 1 is 1.30 bits per heavy atom. The van der Waals surface area contributed by atoms with E-state index in [9.17, 15) is 4.79 Å². The lowest BCUT2D eigenvalue weighted by atomic mass is 9.99. The minimum absolute atomic E-state index is 0.338. The van der Waals surface area contributed by atoms with Crippen molar-refractivity contribution in [2.45, 2.75) is 39.2 Å². The van der Waals surface area contributed by atoms with E-state index in [1.807, 2.05) is 7.05 Å². The van der Waals surface area contributed by atoms with E-state index in [1.165, 1.54) is 5.56 Å². The van der Waals surface area contributed by atoms with E-state index < -0.39 is 5.54 Å². The minimum Gasteiger partial charge on any atom is -0.465 e. The van der Waals surface area contributed by atoms with Gasteiger partial charge in [-0.15, -0.1) is 0 Å². The number of anilines is 1. The molecule has 1 rings (SSSR count). The van der Waals surface area contributed by atoms with Gasteiger partial charge in [0.05, 0.1) is 6.61 Å². The molecule has 0 amide bonds. The lowest BCUT2D eigenvalue weighted by Gasteiger charge is -2.26. The Bertz CT molecular complexity index is 427. The first-order valence-corrected chi connectivity index (χ1v) is 7.17. The Balaban J connectivity index is 2.57. The number of carbonyl (C=O) groups is 1. The lowest BCUT2D eigenvalue weighted by Crippen LogP contribution is -2.48. The third kappa shape index (κ3) is 4.53. The first kappa shape index (κ1) is 16.5. The van der Waals surface area contributed by atoms with E-state index in [1.54, 1.807) is 13.8 Å². The highest BCUT2D eigenvalue weighted by molar-refractivity contribution is 5.80. The van der Waals surface area contributed by atoms with Gasteiger partial charge in [0.15, 0.2) is 0 Å². The number of carbonyl (C=O) groups excluding carboxylic acids is 1. The van der Waals surface area contributed by atoms with Gasteiger partial charge < -0.3 is 15.4 Å². The van der Waals surface area contributed by atoms with Gasteiger partial charge in [-0.2, -0.15) is 0 Å². The van der Waals surface area contributed by atoms with Gasteiger partial charge >= 0.3 is 5.97 Å². The monoisotopic (exact) mass is 278 g/mol. The number of nitrogens with zero attached hydrogens (tertiary/aromatic N) is 1. The maximum Gasteiger partial charge on any atom is 0.325 e. The van der Waals surface area contributed by atoms with Crippen molar-refractivity contribution in [3.8, 4) is 0 Å². The van der Waals surface area contributed by atoms with E-state index >= 15 is 0 Å². The van der Waals surface area contributed by atoms with Crippen LogP contribution in [0.15, 0.2) is 24.3 Å². The summed E-state index contributed by atoms with van der Waals surface area (Å²) in [7, 11) is 2.00. The Morgan fingerprint density at radius 2 is 1.90 bits per heavy atom. The van der Waals surface area contributed by atoms with Gasteiger partial charge in [-0.25, -0.2) is 0 Å². The maximum absolute atomic E-state index is 11.7. The standard InChI is InChI=1S/C16H26N2O2/c1-5-13-7-9-14(10-8-13)18(4)12-11-16(3,17)15(19)20-6-2/h7-10H,5-6,11-12,17H2,1-4H3. The summed E-state index contributed by atoms with van der Waals surface area (Å²) in [4.78, 5) is 13.8. The predicted molar refractivity (Wildman–Crippen MR) is 82.9 cm³/mol. The molecule has 0 spiro atoms. The predicted octanol–water partition coefficient (Wildman–Crippen LogP) is 2.36. The van der Waals surface area contributed by atoms with Crippen LogP contribution in [0, 0.1) is 0 Å². The number of benzene rings is 1. The van der Waals surface area contributed by atoms with E-state index in [2.05, 4.69) is 36.1 Å². The normalized spacial score (nSPS) is 13.7. The summed E-state index contributed by atoms with van der Waals surface area (Å²) in [5.74, 6) is -0.338. The van der Waals surface area contributed by atoms with Gasteiger partial charge in [0, 0.05) is 19.3 Å². The van der Waals surface area contributed by atoms with Gasteiger partial charge in [-0.1, -0.05) is 19.1 Å². The summed E-state index contributed by atoms with van der Waals surface area (Å²) in [6.07, 6.45) is 1.59. The molecule has 2 N–H and O–H groups in total. The molecule has 0 heterocycles. The Kier molecular flexibility index (Phi) is 6.02. The van der Waals surface area contributed by atoms with E-state index in [0.29, 0.717) is 19.6 Å². The first-order valence-electron chi connectivity index (χ1n) is 7.17. The molecule has 0 aromatic heterocycles. The molecular weight excluding hydrogens is 252 g/mol. The Hall–Kier alpha value is -1.55. The van der Waals surface area contributed by atoms with Crippen molar-refractivity contribution < 1.29 is 9.53 Å². The molecule has 1 atom stereocenters. The highest BCUT2D eigenvalue weighted by Gasteiger charge is 2.29. The highest BCUT2D eigenvalue weighted by Crippen LogP contribution is 2.17. The lowest BCUT2D eigenvalue weighted by molar-refractivity contribution is -0.149. The van der Waals surface area contributed by atoms with Crippen molar-refractivity contribution >= 4 is 11.7 Å². The van der Waals surface area contributed by atoms with Gasteiger partial charge in [-0.3, -0.25) is 4.79 Å². The highest BCUT2D eigenvalue weighted by atomic mass is 16.5. The number of hydrogen-bond acceptors (Lipinski definition) is 4. The average Bonchev–Trinajstić information content (AvgIpc) is 2.45. The summed E-state index contributed by atoms with van der Waals surface area (Å²) < 4.78 is 4.99. The number of hydrogen-bond donors (Lipinski definition) is 1. The summed E-state index contributed by atoms with van der Waals surface area (Å²) in [5, 5.41) is 0. The summed E-state index contributed by atoms with van der Waals surface area (Å²) in [6.45, 7) is 6.71. The second kappa shape index (κ2) is 7.29. The largest absolute Gasteiger partial charge is 0.465 e. The van der Waals surface area contributed by atoms with Crippen molar-refractivity contribution in [2.75, 3.05) is 25.1 Å².